The van der Waals surface area contributed by atoms with Gasteiger partial charge in [-0.25, -0.2) is 0 Å². The van der Waals surface area contributed by atoms with Crippen molar-refractivity contribution in [2.24, 2.45) is 0 Å². The van der Waals surface area contributed by atoms with E-state index < -0.39 is 6.19 Å². The Kier molecular flexibility index (Phi) is 2.83. The van der Waals surface area contributed by atoms with Gasteiger partial charge in [0.1, 0.15) is 8.93 Å². The molecule has 0 aliphatic heterocycles. The van der Waals surface area contributed by atoms with Gasteiger partial charge >= 0.3 is 6.19 Å². The highest BCUT2D eigenvalue weighted by Gasteiger charge is 1.88. The topological polar surface area (TPSA) is 17.1 Å². The molecule has 1 nitrogen and oxygen atoms in total. The normalized spacial score (nSPS) is 11.0. The third kappa shape index (κ3) is 11.9. The van der Waals surface area contributed by atoms with Crippen LogP contribution in [-0.2, 0) is 4.57 Å². The lowest BCUT2D eigenvalue weighted by atomic mass is 16.0. The molecule has 0 amide bonds. The fourth-order valence-corrected chi connectivity index (χ4v) is 0. The van der Waals surface area contributed by atoms with E-state index in [1.54, 1.807) is 0 Å². The molecule has 2 atom stereocenters. The van der Waals surface area contributed by atoms with Gasteiger partial charge in [0.05, 0.1) is 0 Å². The fraction of sp³-hybridized carbons (Fsp3) is 0. The van der Waals surface area contributed by atoms with Gasteiger partial charge in [-0.15, -0.1) is 0 Å². The van der Waals surface area contributed by atoms with Gasteiger partial charge < -0.3 is 0 Å². The van der Waals surface area contributed by atoms with Gasteiger partial charge in [0.25, 0.3) is 15.5 Å². The largest absolute Gasteiger partial charge is 0.426 e. The predicted octanol–water partition coefficient (Wildman–Crippen LogP) is 1.91. The summed E-state index contributed by atoms with van der Waals surface area (Å²) < 4.78 is 9.47. The molecule has 0 saturated carbocycles. The van der Waals surface area contributed by atoms with Crippen molar-refractivity contribution in [2.45, 2.75) is 0 Å². The zero-order valence-electron chi connectivity index (χ0n) is 1.81. The molecule has 0 fully saturated rings. The summed E-state index contributed by atoms with van der Waals surface area (Å²) in [5.74, 6) is 0. The summed E-state index contributed by atoms with van der Waals surface area (Å²) in [7, 11) is 2.08. The minimum Gasteiger partial charge on any atom is -0.0589 e. The molecule has 0 N–H and O–H groups in total. The first-order valence-corrected chi connectivity index (χ1v) is 5.51. The highest BCUT2D eigenvalue weighted by atomic mass is 79.9. The van der Waals surface area contributed by atoms with E-state index in [-0.39, 0.29) is 0 Å². The highest BCUT2D eigenvalue weighted by molar-refractivity contribution is 9.42. The minimum atomic E-state index is -1.14. The highest BCUT2D eigenvalue weighted by Crippen LogP contribution is 2.38. The monoisotopic (exact) mass is 159 g/mol. The number of rotatable bonds is 0. The summed E-state index contributed by atoms with van der Waals surface area (Å²) in [4.78, 5) is 0. The average molecular weight is 160 g/mol. The van der Waals surface area contributed by atoms with E-state index in [4.69, 9.17) is 0 Å². The van der Waals surface area contributed by atoms with Crippen molar-refractivity contribution >= 4 is 30.6 Å². The van der Waals surface area contributed by atoms with E-state index in [9.17, 15) is 4.57 Å². The van der Waals surface area contributed by atoms with E-state index in [2.05, 4.69) is 24.4 Å². The number of halogens is 1. The third-order valence-electron chi connectivity index (χ3n) is 0. The Labute approximate surface area is 35.8 Å². The van der Waals surface area contributed by atoms with Crippen LogP contribution in [0.5, 0.6) is 0 Å². The molecule has 24 valence electrons. The zero-order chi connectivity index (χ0) is 3.58. The molecule has 0 aromatic carbocycles. The van der Waals surface area contributed by atoms with Crippen LogP contribution >= 0.6 is 30.6 Å². The summed E-state index contributed by atoms with van der Waals surface area (Å²) in [6.45, 7) is 0. The van der Waals surface area contributed by atoms with Crippen molar-refractivity contribution in [1.82, 2.24) is 0 Å². The lowest BCUT2D eigenvalue weighted by molar-refractivity contribution is 0.604. The van der Waals surface area contributed by atoms with Crippen LogP contribution in [0, 0.1) is 0 Å². The Balaban J connectivity index is 2.80. The Bertz CT molecular complexity index is 29.0. The minimum absolute atomic E-state index is 1.14. The molecule has 2 unspecified atom stereocenters. The van der Waals surface area contributed by atoms with Crippen LogP contribution in [0.15, 0.2) is 0 Å². The molecule has 0 bridgehead atoms. The van der Waals surface area contributed by atoms with Crippen molar-refractivity contribution in [3.63, 3.8) is 0 Å². The molecule has 0 saturated heterocycles. The van der Waals surface area contributed by atoms with Gasteiger partial charge in [-0.1, -0.05) is 4.57 Å². The van der Waals surface area contributed by atoms with Crippen LogP contribution < -0.4 is 0 Å². The van der Waals surface area contributed by atoms with Gasteiger partial charge in [0, 0.05) is 0 Å². The molecule has 0 heterocycles. The van der Waals surface area contributed by atoms with Gasteiger partial charge in [-0.2, -0.15) is 0 Å². The van der Waals surface area contributed by atoms with Crippen molar-refractivity contribution in [2.75, 3.05) is 0 Å². The summed E-state index contributed by atoms with van der Waals surface area (Å²) >= 11 is 2.74. The Hall–Kier alpha value is 1.01. The predicted molar refractivity (Wildman–Crippen MR) is 26.2 cm³/mol. The maximum Gasteiger partial charge on any atom is 0.426 e. The van der Waals surface area contributed by atoms with Crippen LogP contribution in [0.1, 0.15) is 0 Å². The lowest BCUT2D eigenvalue weighted by Crippen LogP contribution is -0.907. The summed E-state index contributed by atoms with van der Waals surface area (Å²) in [6.07, 6.45) is -1.14. The first kappa shape index (κ1) is 5.01. The smallest absolute Gasteiger partial charge is 0.0589 e. The second-order valence-corrected chi connectivity index (χ2v) is 6.59. The molecule has 0 aliphatic carbocycles. The SMILES string of the molecule is O=[P+](P)Br. The van der Waals surface area contributed by atoms with E-state index in [0.29, 0.717) is 0 Å². The lowest BCUT2D eigenvalue weighted by Gasteiger charge is -1.30. The van der Waals surface area contributed by atoms with Gasteiger partial charge in [-0.3, -0.25) is 0 Å². The quantitative estimate of drug-likeness (QED) is 0.494. The molecule has 0 radical (unpaired) electrons. The first-order chi connectivity index (χ1) is 1.73. The molecule has 4 heavy (non-hydrogen) atoms. The number of hydrogen-bond donors (Lipinski definition) is 0. The van der Waals surface area contributed by atoms with Crippen LogP contribution in [-0.4, -0.2) is 0 Å². The second-order valence-electron chi connectivity index (χ2n) is 0.272. The Morgan fingerprint density at radius 3 is 2.00 bits per heavy atom. The molecule has 4 heteroatoms. The van der Waals surface area contributed by atoms with E-state index in [1.807, 2.05) is 0 Å². The van der Waals surface area contributed by atoms with E-state index in [0.717, 1.165) is 0 Å². The van der Waals surface area contributed by atoms with Gasteiger partial charge in [0.15, 0.2) is 0 Å². The average Bonchev–Trinajstić information content (AvgIpc) is 0.811. The molecular weight excluding hydrogens is 158 g/mol. The van der Waals surface area contributed by atoms with Crippen molar-refractivity contribution < 1.29 is 4.57 Å². The first-order valence-electron chi connectivity index (χ1n) is 0.610. The fourth-order valence-electron chi connectivity index (χ4n) is 0. The summed E-state index contributed by atoms with van der Waals surface area (Å²) in [5, 5.41) is 0. The molecule has 0 aromatic heterocycles. The summed E-state index contributed by atoms with van der Waals surface area (Å²) in [5.41, 5.74) is 0. The molecule has 0 aromatic rings. The molecular formula is H2BrOP2+. The van der Waals surface area contributed by atoms with Crippen molar-refractivity contribution in [3.05, 3.63) is 0 Å². The van der Waals surface area contributed by atoms with Crippen LogP contribution in [0.2, 0.25) is 0 Å². The van der Waals surface area contributed by atoms with E-state index in [1.165, 1.54) is 0 Å². The number of hydrogen-bond acceptors (Lipinski definition) is 1. The van der Waals surface area contributed by atoms with Crippen LogP contribution in [0.25, 0.3) is 0 Å². The van der Waals surface area contributed by atoms with Crippen LogP contribution in [0.4, 0.5) is 0 Å². The Morgan fingerprint density at radius 2 is 2.00 bits per heavy atom. The van der Waals surface area contributed by atoms with Gasteiger partial charge in [-0.05, 0) is 0 Å². The maximum absolute atomic E-state index is 9.47. The molecule has 0 rings (SSSR count). The Morgan fingerprint density at radius 1 is 2.00 bits per heavy atom. The molecule has 0 spiro atoms. The van der Waals surface area contributed by atoms with Crippen LogP contribution in [0.3, 0.4) is 0 Å². The standard InChI is InChI=1S/BrH2OP2/c1-4(2)3/h3H2/q+1. The summed E-state index contributed by atoms with van der Waals surface area (Å²) in [6, 6.07) is 0. The van der Waals surface area contributed by atoms with Gasteiger partial charge in [0.2, 0.25) is 0 Å². The molecule has 0 aliphatic rings. The third-order valence-corrected chi connectivity index (χ3v) is 0. The van der Waals surface area contributed by atoms with Crippen molar-refractivity contribution in [3.8, 4) is 0 Å². The van der Waals surface area contributed by atoms with Crippen molar-refractivity contribution in [1.29, 1.82) is 0 Å². The van der Waals surface area contributed by atoms with E-state index >= 15 is 0 Å². The zero-order valence-corrected chi connectivity index (χ0v) is 5.45. The second kappa shape index (κ2) is 2.26. The maximum atomic E-state index is 9.47.